The zero-order valence-corrected chi connectivity index (χ0v) is 23.1. The van der Waals surface area contributed by atoms with E-state index in [-0.39, 0.29) is 6.42 Å². The second-order valence-electron chi connectivity index (χ2n) is 9.66. The molecule has 5 aromatic carbocycles. The van der Waals surface area contributed by atoms with Gasteiger partial charge in [0.1, 0.15) is 27.0 Å². The Bertz CT molecular complexity index is 1710. The van der Waals surface area contributed by atoms with Crippen LogP contribution in [-0.4, -0.2) is 24.0 Å². The second-order valence-corrected chi connectivity index (χ2v) is 11.1. The summed E-state index contributed by atoms with van der Waals surface area (Å²) in [5.74, 6) is 1.29. The first-order valence-corrected chi connectivity index (χ1v) is 13.6. The third kappa shape index (κ3) is 4.19. The minimum absolute atomic E-state index is 0.246. The first-order valence-electron chi connectivity index (χ1n) is 12.8. The highest BCUT2D eigenvalue weighted by Gasteiger charge is 2.73. The number of alkyl halides is 2. The molecule has 1 saturated carbocycles. The van der Waals surface area contributed by atoms with E-state index in [0.717, 1.165) is 32.7 Å². The van der Waals surface area contributed by atoms with Crippen molar-refractivity contribution < 1.29 is 19.0 Å². The molecule has 39 heavy (non-hydrogen) atoms. The third-order valence-electron chi connectivity index (χ3n) is 7.45. The van der Waals surface area contributed by atoms with Gasteiger partial charge < -0.3 is 14.2 Å². The van der Waals surface area contributed by atoms with Gasteiger partial charge in [0.25, 0.3) is 0 Å². The number of carbonyl (C=O) groups excluding carboxylic acids is 1. The zero-order valence-electron chi connectivity index (χ0n) is 21.5. The van der Waals surface area contributed by atoms with Crippen LogP contribution in [0.15, 0.2) is 97.1 Å². The fourth-order valence-electron chi connectivity index (χ4n) is 5.40. The molecule has 0 aromatic heterocycles. The van der Waals surface area contributed by atoms with Crippen molar-refractivity contribution in [2.45, 2.75) is 23.1 Å². The SMILES string of the molecule is CCOc1ccc([C@]2(C(=O)Oc3ccc4ccccc4c3-c3c(OC)ccc4ccccc34)CC2(Cl)Cl)cc1. The maximum absolute atomic E-state index is 14.0. The fourth-order valence-corrected chi connectivity index (χ4v) is 6.18. The Morgan fingerprint density at radius 3 is 1.85 bits per heavy atom. The molecule has 0 bridgehead atoms. The minimum atomic E-state index is -1.29. The summed E-state index contributed by atoms with van der Waals surface area (Å²) in [6.45, 7) is 2.46. The molecule has 0 N–H and O–H groups in total. The van der Waals surface area contributed by atoms with Crippen LogP contribution in [0.1, 0.15) is 18.9 Å². The van der Waals surface area contributed by atoms with Crippen LogP contribution >= 0.6 is 23.2 Å². The lowest BCUT2D eigenvalue weighted by Gasteiger charge is -2.21. The summed E-state index contributed by atoms with van der Waals surface area (Å²) in [5.41, 5.74) is 1.11. The van der Waals surface area contributed by atoms with Crippen molar-refractivity contribution in [3.05, 3.63) is 103 Å². The van der Waals surface area contributed by atoms with E-state index in [2.05, 4.69) is 6.07 Å². The molecule has 0 unspecified atom stereocenters. The van der Waals surface area contributed by atoms with Crippen molar-refractivity contribution >= 4 is 50.7 Å². The molecule has 1 aliphatic carbocycles. The molecule has 1 aliphatic rings. The van der Waals surface area contributed by atoms with E-state index in [1.807, 2.05) is 97.9 Å². The Hall–Kier alpha value is -3.73. The summed E-state index contributed by atoms with van der Waals surface area (Å²) >= 11 is 13.3. The van der Waals surface area contributed by atoms with Crippen LogP contribution < -0.4 is 14.2 Å². The Labute approximate surface area is 237 Å². The van der Waals surface area contributed by atoms with E-state index in [9.17, 15) is 4.79 Å². The highest BCUT2D eigenvalue weighted by molar-refractivity contribution is 6.54. The lowest BCUT2D eigenvalue weighted by molar-refractivity contribution is -0.137. The molecule has 5 aromatic rings. The molecule has 4 nitrogen and oxygen atoms in total. The Morgan fingerprint density at radius 1 is 0.769 bits per heavy atom. The molecule has 1 atom stereocenters. The Kier molecular flexibility index (Phi) is 6.41. The molecular weight excluding hydrogens is 531 g/mol. The van der Waals surface area contributed by atoms with E-state index < -0.39 is 15.7 Å². The summed E-state index contributed by atoms with van der Waals surface area (Å²) in [6.07, 6.45) is 0.246. The number of ether oxygens (including phenoxy) is 3. The van der Waals surface area contributed by atoms with Gasteiger partial charge in [-0.25, -0.2) is 0 Å². The van der Waals surface area contributed by atoms with Crippen molar-refractivity contribution in [1.82, 2.24) is 0 Å². The molecule has 0 spiro atoms. The molecule has 196 valence electrons. The van der Waals surface area contributed by atoms with Crippen molar-refractivity contribution in [3.8, 4) is 28.4 Å². The number of rotatable bonds is 7. The first-order chi connectivity index (χ1) is 18.9. The van der Waals surface area contributed by atoms with E-state index in [0.29, 0.717) is 29.4 Å². The molecule has 6 rings (SSSR count). The number of carbonyl (C=O) groups is 1. The van der Waals surface area contributed by atoms with Gasteiger partial charge >= 0.3 is 5.97 Å². The molecule has 6 heteroatoms. The maximum Gasteiger partial charge on any atom is 0.325 e. The van der Waals surface area contributed by atoms with E-state index in [4.69, 9.17) is 37.4 Å². The number of halogens is 2. The quantitative estimate of drug-likeness (QED) is 0.114. The predicted molar refractivity (Wildman–Crippen MR) is 157 cm³/mol. The number of fused-ring (bicyclic) bond motifs is 2. The number of methoxy groups -OCH3 is 1. The predicted octanol–water partition coefficient (Wildman–Crippen LogP) is 8.49. The van der Waals surface area contributed by atoms with Gasteiger partial charge in [0, 0.05) is 17.5 Å². The standard InChI is InChI=1S/C33H26Cl2O4/c1-3-38-24-16-14-23(15-17-24)32(20-33(32,34)35)31(36)39-28-19-13-22-9-5-7-11-26(22)30(28)29-25-10-6-4-8-21(25)12-18-27(29)37-2/h4-19H,3,20H2,1-2H3/t32-/m0/s1. The number of hydrogen-bond acceptors (Lipinski definition) is 4. The second kappa shape index (κ2) is 9.78. The molecule has 0 aliphatic heterocycles. The fraction of sp³-hybridized carbons (Fsp3) is 0.182. The van der Waals surface area contributed by atoms with Gasteiger partial charge in [0.2, 0.25) is 0 Å². The lowest BCUT2D eigenvalue weighted by Crippen LogP contribution is -2.31. The minimum Gasteiger partial charge on any atom is -0.496 e. The van der Waals surface area contributed by atoms with Gasteiger partial charge in [-0.15, -0.1) is 0 Å². The van der Waals surface area contributed by atoms with Crippen molar-refractivity contribution in [2.24, 2.45) is 0 Å². The average Bonchev–Trinajstić information content (AvgIpc) is 3.56. The van der Waals surface area contributed by atoms with Crippen LogP contribution in [0.5, 0.6) is 17.2 Å². The van der Waals surface area contributed by atoms with Crippen LogP contribution in [0.2, 0.25) is 0 Å². The summed E-state index contributed by atoms with van der Waals surface area (Å²) in [4.78, 5) is 14.0. The van der Waals surface area contributed by atoms with Crippen molar-refractivity contribution in [2.75, 3.05) is 13.7 Å². The molecule has 0 saturated heterocycles. The summed E-state index contributed by atoms with van der Waals surface area (Å²) in [5, 5.41) is 3.99. The summed E-state index contributed by atoms with van der Waals surface area (Å²) in [6, 6.07) is 31.1. The average molecular weight is 557 g/mol. The van der Waals surface area contributed by atoms with Crippen LogP contribution in [0.4, 0.5) is 0 Å². The zero-order chi connectivity index (χ0) is 27.2. The van der Waals surface area contributed by atoms with Crippen molar-refractivity contribution in [1.29, 1.82) is 0 Å². The van der Waals surface area contributed by atoms with Crippen molar-refractivity contribution in [3.63, 3.8) is 0 Å². The summed E-state index contributed by atoms with van der Waals surface area (Å²) < 4.78 is 16.4. The van der Waals surface area contributed by atoms with Gasteiger partial charge in [0.05, 0.1) is 13.7 Å². The third-order valence-corrected chi connectivity index (χ3v) is 8.36. The highest BCUT2D eigenvalue weighted by atomic mass is 35.5. The largest absolute Gasteiger partial charge is 0.496 e. The highest BCUT2D eigenvalue weighted by Crippen LogP contribution is 2.65. The Balaban J connectivity index is 1.51. The Morgan fingerprint density at radius 2 is 1.31 bits per heavy atom. The van der Waals surface area contributed by atoms with Gasteiger partial charge in [-0.3, -0.25) is 4.79 Å². The lowest BCUT2D eigenvalue weighted by atomic mass is 9.92. The number of benzene rings is 5. The first kappa shape index (κ1) is 25.5. The van der Waals surface area contributed by atoms with Crippen LogP contribution in [0.25, 0.3) is 32.7 Å². The van der Waals surface area contributed by atoms with E-state index in [1.165, 1.54) is 0 Å². The molecule has 0 radical (unpaired) electrons. The van der Waals surface area contributed by atoms with Crippen LogP contribution in [0, 0.1) is 0 Å². The maximum atomic E-state index is 14.0. The summed E-state index contributed by atoms with van der Waals surface area (Å²) in [7, 11) is 1.64. The van der Waals surface area contributed by atoms with Crippen LogP contribution in [0.3, 0.4) is 0 Å². The molecule has 0 heterocycles. The number of hydrogen-bond donors (Lipinski definition) is 0. The molecule has 1 fully saturated rings. The monoisotopic (exact) mass is 556 g/mol. The van der Waals surface area contributed by atoms with Gasteiger partial charge in [-0.2, -0.15) is 0 Å². The molecular formula is C33H26Cl2O4. The van der Waals surface area contributed by atoms with Gasteiger partial charge in [-0.1, -0.05) is 96.0 Å². The van der Waals surface area contributed by atoms with E-state index in [1.54, 1.807) is 7.11 Å². The van der Waals surface area contributed by atoms with Gasteiger partial charge in [-0.05, 0) is 58.3 Å². The van der Waals surface area contributed by atoms with E-state index >= 15 is 0 Å². The normalized spacial score (nSPS) is 17.6. The van der Waals surface area contributed by atoms with Crippen LogP contribution in [-0.2, 0) is 10.2 Å². The smallest absolute Gasteiger partial charge is 0.325 e. The number of esters is 1. The molecule has 0 amide bonds. The topological polar surface area (TPSA) is 44.8 Å². The van der Waals surface area contributed by atoms with Gasteiger partial charge in [0.15, 0.2) is 0 Å².